The van der Waals surface area contributed by atoms with E-state index in [1.807, 2.05) is 41.4 Å². The van der Waals surface area contributed by atoms with Gasteiger partial charge in [-0.1, -0.05) is 18.2 Å². The van der Waals surface area contributed by atoms with Crippen LogP contribution < -0.4 is 10.6 Å². The zero-order valence-electron chi connectivity index (χ0n) is 20.6. The highest BCUT2D eigenvalue weighted by Crippen LogP contribution is 2.41. The molecule has 0 aliphatic carbocycles. The molecule has 188 valence electrons. The van der Waals surface area contributed by atoms with Crippen LogP contribution in [-0.4, -0.2) is 37.0 Å². The van der Waals surface area contributed by atoms with E-state index in [0.29, 0.717) is 11.7 Å². The zero-order chi connectivity index (χ0) is 25.9. The summed E-state index contributed by atoms with van der Waals surface area (Å²) < 4.78 is 16.2. The van der Waals surface area contributed by atoms with E-state index in [0.717, 1.165) is 28.3 Å². The number of amides is 1. The minimum atomic E-state index is -0.467. The first-order valence-corrected chi connectivity index (χ1v) is 12.5. The van der Waals surface area contributed by atoms with Crippen molar-refractivity contribution in [3.63, 3.8) is 0 Å². The van der Waals surface area contributed by atoms with Crippen molar-refractivity contribution in [3.05, 3.63) is 108 Å². The second-order valence-corrected chi connectivity index (χ2v) is 9.36. The topological polar surface area (TPSA) is 75.1 Å². The molecule has 3 aromatic heterocycles. The van der Waals surface area contributed by atoms with Crippen molar-refractivity contribution in [2.45, 2.75) is 32.4 Å². The fraction of sp³-hybridized carbons (Fsp3) is 0.214. The van der Waals surface area contributed by atoms with Crippen molar-refractivity contribution < 1.29 is 9.18 Å². The molecule has 5 rings (SSSR count). The molecule has 2 N–H and O–H groups in total. The molecule has 0 radical (unpaired) electrons. The number of pyridine rings is 2. The van der Waals surface area contributed by atoms with Gasteiger partial charge in [0.1, 0.15) is 5.82 Å². The Bertz CT molecular complexity index is 1430. The molecule has 0 saturated carbocycles. The summed E-state index contributed by atoms with van der Waals surface area (Å²) in [6, 6.07) is 17.6. The summed E-state index contributed by atoms with van der Waals surface area (Å²) >= 11 is 5.75. The van der Waals surface area contributed by atoms with Gasteiger partial charge in [0.2, 0.25) is 5.91 Å². The first kappa shape index (κ1) is 24.6. The average Bonchev–Trinajstić information content (AvgIpc) is 3.39. The Balaban J connectivity index is 1.47. The van der Waals surface area contributed by atoms with E-state index in [9.17, 15) is 9.18 Å². The van der Waals surface area contributed by atoms with E-state index in [4.69, 9.17) is 12.2 Å². The Labute approximate surface area is 220 Å². The molecule has 9 heteroatoms. The second kappa shape index (κ2) is 10.5. The van der Waals surface area contributed by atoms with Gasteiger partial charge in [-0.2, -0.15) is 0 Å². The van der Waals surface area contributed by atoms with Gasteiger partial charge in [0.25, 0.3) is 0 Å². The summed E-state index contributed by atoms with van der Waals surface area (Å²) in [5.41, 5.74) is 5.21. The van der Waals surface area contributed by atoms with Crippen LogP contribution in [0.15, 0.2) is 79.3 Å². The maximum Gasteiger partial charge on any atom is 0.226 e. The van der Waals surface area contributed by atoms with Crippen molar-refractivity contribution in [1.82, 2.24) is 24.8 Å². The predicted octanol–water partition coefficient (Wildman–Crippen LogP) is 5.02. The number of halogens is 1. The molecule has 4 aromatic rings. The molecule has 1 aliphatic heterocycles. The third kappa shape index (κ3) is 4.95. The minimum absolute atomic E-state index is 0.142. The number of hydrogen-bond acceptors (Lipinski definition) is 4. The molecule has 1 saturated heterocycles. The number of carbonyl (C=O) groups excluding carboxylic acids is 1. The van der Waals surface area contributed by atoms with E-state index >= 15 is 0 Å². The highest BCUT2D eigenvalue weighted by atomic mass is 32.1. The van der Waals surface area contributed by atoms with Gasteiger partial charge < -0.3 is 20.1 Å². The van der Waals surface area contributed by atoms with Gasteiger partial charge in [-0.05, 0) is 74.1 Å². The van der Waals surface area contributed by atoms with E-state index in [1.54, 1.807) is 30.6 Å². The van der Waals surface area contributed by atoms with Crippen LogP contribution in [0.3, 0.4) is 0 Å². The van der Waals surface area contributed by atoms with Crippen LogP contribution in [0.25, 0.3) is 5.69 Å². The standard InChI is InChI=1S/C28H27FN6OS/c1-18-16-21(19(2)35(18)20-8-7-13-30-17-20)27-26(24-11-5-6-14-31-24)33-28(37)34(27)15-12-25(36)32-23-10-4-3-9-22(23)29/h3-11,13-14,16-17,26-27H,12,15H2,1-2H3,(H,32,36)(H,33,37)/t26-,27-/m0/s1. The number of para-hydroxylation sites is 1. The Kier molecular flexibility index (Phi) is 6.96. The zero-order valence-corrected chi connectivity index (χ0v) is 21.4. The van der Waals surface area contributed by atoms with E-state index in [-0.39, 0.29) is 30.1 Å². The van der Waals surface area contributed by atoms with Crippen molar-refractivity contribution in [2.75, 3.05) is 11.9 Å². The molecule has 4 heterocycles. The number of rotatable bonds is 7. The Morgan fingerprint density at radius 3 is 2.65 bits per heavy atom. The van der Waals surface area contributed by atoms with E-state index in [2.05, 4.69) is 45.1 Å². The number of nitrogens with zero attached hydrogens (tertiary/aromatic N) is 4. The molecule has 1 aliphatic rings. The Morgan fingerprint density at radius 2 is 1.92 bits per heavy atom. The fourth-order valence-electron chi connectivity index (χ4n) is 4.95. The predicted molar refractivity (Wildman–Crippen MR) is 145 cm³/mol. The SMILES string of the molecule is Cc1cc([C@H]2[C@H](c3ccccn3)NC(=S)N2CCC(=O)Nc2ccccc2F)c(C)n1-c1cccnc1. The third-order valence-electron chi connectivity index (χ3n) is 6.62. The number of carbonyl (C=O) groups is 1. The van der Waals surface area contributed by atoms with Gasteiger partial charge in [-0.3, -0.25) is 14.8 Å². The smallest absolute Gasteiger partial charge is 0.226 e. The van der Waals surface area contributed by atoms with Crippen LogP contribution in [0, 0.1) is 19.7 Å². The van der Waals surface area contributed by atoms with E-state index < -0.39 is 5.82 Å². The van der Waals surface area contributed by atoms with Gasteiger partial charge in [-0.15, -0.1) is 0 Å². The van der Waals surface area contributed by atoms with Gasteiger partial charge in [0.05, 0.1) is 35.3 Å². The summed E-state index contributed by atoms with van der Waals surface area (Å²) in [6.45, 7) is 4.50. The average molecular weight is 515 g/mol. The lowest BCUT2D eigenvalue weighted by Crippen LogP contribution is -2.33. The van der Waals surface area contributed by atoms with Crippen LogP contribution in [-0.2, 0) is 4.79 Å². The number of aromatic nitrogens is 3. The number of thiocarbonyl (C=S) groups is 1. The van der Waals surface area contributed by atoms with E-state index in [1.165, 1.54) is 6.07 Å². The van der Waals surface area contributed by atoms with Gasteiger partial charge in [0, 0.05) is 36.7 Å². The van der Waals surface area contributed by atoms with Crippen molar-refractivity contribution in [3.8, 4) is 5.69 Å². The second-order valence-electron chi connectivity index (χ2n) is 8.97. The van der Waals surface area contributed by atoms with Crippen LogP contribution in [0.4, 0.5) is 10.1 Å². The van der Waals surface area contributed by atoms with Crippen LogP contribution in [0.1, 0.15) is 41.1 Å². The van der Waals surface area contributed by atoms with Gasteiger partial charge in [-0.25, -0.2) is 4.39 Å². The third-order valence-corrected chi connectivity index (χ3v) is 6.97. The lowest BCUT2D eigenvalue weighted by molar-refractivity contribution is -0.116. The monoisotopic (exact) mass is 514 g/mol. The molecular formula is C28H27FN6OS. The molecular weight excluding hydrogens is 487 g/mol. The number of nitrogens with one attached hydrogen (secondary N) is 2. The number of benzene rings is 1. The maximum absolute atomic E-state index is 14.0. The minimum Gasteiger partial charge on any atom is -0.352 e. The number of anilines is 1. The molecule has 1 amide bonds. The van der Waals surface area contributed by atoms with Crippen LogP contribution in [0.5, 0.6) is 0 Å². The molecule has 7 nitrogen and oxygen atoms in total. The molecule has 0 unspecified atom stereocenters. The summed E-state index contributed by atoms with van der Waals surface area (Å²) in [4.78, 5) is 23.7. The Hall–Kier alpha value is -4.11. The molecule has 37 heavy (non-hydrogen) atoms. The number of aryl methyl sites for hydroxylation is 1. The summed E-state index contributed by atoms with van der Waals surface area (Å²) in [5, 5.41) is 6.64. The first-order chi connectivity index (χ1) is 17.9. The quantitative estimate of drug-likeness (QED) is 0.337. The lowest BCUT2D eigenvalue weighted by atomic mass is 9.96. The van der Waals surface area contributed by atoms with Gasteiger partial charge in [0.15, 0.2) is 5.11 Å². The first-order valence-electron chi connectivity index (χ1n) is 12.1. The van der Waals surface area contributed by atoms with Crippen molar-refractivity contribution in [2.24, 2.45) is 0 Å². The highest BCUT2D eigenvalue weighted by Gasteiger charge is 2.41. The molecule has 1 aromatic carbocycles. The normalized spacial score (nSPS) is 17.1. The fourth-order valence-corrected chi connectivity index (χ4v) is 5.28. The van der Waals surface area contributed by atoms with Crippen molar-refractivity contribution in [1.29, 1.82) is 0 Å². The highest BCUT2D eigenvalue weighted by molar-refractivity contribution is 7.80. The Morgan fingerprint density at radius 1 is 1.11 bits per heavy atom. The summed E-state index contributed by atoms with van der Waals surface area (Å²) in [6.07, 6.45) is 5.49. The van der Waals surface area contributed by atoms with Crippen LogP contribution >= 0.6 is 12.2 Å². The summed E-state index contributed by atoms with van der Waals surface area (Å²) in [7, 11) is 0. The molecule has 0 bridgehead atoms. The van der Waals surface area contributed by atoms with Crippen molar-refractivity contribution >= 4 is 28.9 Å². The number of hydrogen-bond donors (Lipinski definition) is 2. The maximum atomic E-state index is 14.0. The lowest BCUT2D eigenvalue weighted by Gasteiger charge is -2.28. The molecule has 2 atom stereocenters. The largest absolute Gasteiger partial charge is 0.352 e. The molecule has 1 fully saturated rings. The molecule has 0 spiro atoms. The summed E-state index contributed by atoms with van der Waals surface area (Å²) in [5.74, 6) is -0.751. The van der Waals surface area contributed by atoms with Crippen LogP contribution in [0.2, 0.25) is 0 Å². The van der Waals surface area contributed by atoms with Gasteiger partial charge >= 0.3 is 0 Å².